The zero-order chi connectivity index (χ0) is 25.4. The fraction of sp³-hybridized carbons (Fsp3) is 0.419. The van der Waals surface area contributed by atoms with E-state index >= 15 is 0 Å². The van der Waals surface area contributed by atoms with Gasteiger partial charge in [-0.2, -0.15) is 0 Å². The van der Waals surface area contributed by atoms with E-state index in [0.717, 1.165) is 27.9 Å². The highest BCUT2D eigenvalue weighted by Crippen LogP contribution is 2.38. The van der Waals surface area contributed by atoms with Crippen LogP contribution in [-0.4, -0.2) is 39.1 Å². The van der Waals surface area contributed by atoms with Crippen molar-refractivity contribution in [1.82, 2.24) is 19.4 Å². The molecule has 36 heavy (non-hydrogen) atoms. The molecule has 188 valence electrons. The lowest BCUT2D eigenvalue weighted by atomic mass is 9.87. The summed E-state index contributed by atoms with van der Waals surface area (Å²) in [4.78, 5) is 23.7. The molecule has 1 N–H and O–H groups in total. The van der Waals surface area contributed by atoms with Gasteiger partial charge in [-0.1, -0.05) is 26.8 Å². The number of nitrogens with one attached hydrogen (secondary N) is 1. The van der Waals surface area contributed by atoms with Crippen LogP contribution in [0.3, 0.4) is 0 Å². The number of rotatable bonds is 6. The number of hydrogen-bond donors (Lipinski definition) is 1. The summed E-state index contributed by atoms with van der Waals surface area (Å²) in [6.07, 6.45) is 9.24. The topological polar surface area (TPSA) is 53.9 Å². The Labute approximate surface area is 214 Å². The highest BCUT2D eigenvalue weighted by atomic mass is 16.1. The largest absolute Gasteiger partial charge is 0.354 e. The average Bonchev–Trinajstić information content (AvgIpc) is 3.25. The first-order valence-corrected chi connectivity index (χ1v) is 13.4. The number of pyridine rings is 2. The van der Waals surface area contributed by atoms with E-state index < -0.39 is 0 Å². The van der Waals surface area contributed by atoms with E-state index in [0.29, 0.717) is 17.4 Å². The van der Waals surface area contributed by atoms with Crippen LogP contribution in [0.2, 0.25) is 0 Å². The number of hydrogen-bond acceptors (Lipinski definition) is 3. The monoisotopic (exact) mass is 482 g/mol. The third-order valence-electron chi connectivity index (χ3n) is 7.70. The highest BCUT2D eigenvalue weighted by molar-refractivity contribution is 5.92. The molecule has 0 radical (unpaired) electrons. The van der Waals surface area contributed by atoms with Crippen molar-refractivity contribution < 1.29 is 0 Å². The maximum absolute atomic E-state index is 13.1. The van der Waals surface area contributed by atoms with Crippen LogP contribution in [0.1, 0.15) is 68.6 Å². The second-order valence-electron chi connectivity index (χ2n) is 10.8. The van der Waals surface area contributed by atoms with Gasteiger partial charge in [0.15, 0.2) is 0 Å². The Morgan fingerprint density at radius 2 is 1.86 bits per heavy atom. The Balaban J connectivity index is 1.58. The van der Waals surface area contributed by atoms with Crippen molar-refractivity contribution in [2.24, 2.45) is 7.05 Å². The van der Waals surface area contributed by atoms with E-state index in [-0.39, 0.29) is 5.56 Å². The molecule has 0 bridgehead atoms. The van der Waals surface area contributed by atoms with Crippen molar-refractivity contribution >= 4 is 10.9 Å². The van der Waals surface area contributed by atoms with Crippen LogP contribution in [0.15, 0.2) is 53.7 Å². The maximum atomic E-state index is 13.1. The number of aryl methyl sites for hydroxylation is 2. The fourth-order valence-electron chi connectivity index (χ4n) is 5.88. The predicted octanol–water partition coefficient (Wildman–Crippen LogP) is 6.62. The Morgan fingerprint density at radius 1 is 1.08 bits per heavy atom. The Kier molecular flexibility index (Phi) is 6.85. The van der Waals surface area contributed by atoms with Gasteiger partial charge in [0.1, 0.15) is 0 Å². The number of aromatic nitrogens is 3. The number of likely N-dealkylation sites (tertiary alicyclic amines) is 1. The van der Waals surface area contributed by atoms with E-state index in [9.17, 15) is 4.79 Å². The number of piperidine rings is 1. The van der Waals surface area contributed by atoms with E-state index in [2.05, 4.69) is 53.8 Å². The summed E-state index contributed by atoms with van der Waals surface area (Å²) in [6, 6.07) is 11.1. The highest BCUT2D eigenvalue weighted by Gasteiger charge is 2.23. The van der Waals surface area contributed by atoms with Gasteiger partial charge in [0.25, 0.3) is 5.56 Å². The summed E-state index contributed by atoms with van der Waals surface area (Å²) in [7, 11) is 1.83. The second kappa shape index (κ2) is 10.1. The van der Waals surface area contributed by atoms with Crippen molar-refractivity contribution in [2.45, 2.75) is 58.8 Å². The van der Waals surface area contributed by atoms with Gasteiger partial charge in [0.2, 0.25) is 0 Å². The third-order valence-corrected chi connectivity index (χ3v) is 7.70. The first kappa shape index (κ1) is 24.5. The number of fused-ring (bicyclic) bond motifs is 1. The lowest BCUT2D eigenvalue weighted by molar-refractivity contribution is 0.213. The molecule has 0 atom stereocenters. The second-order valence-corrected chi connectivity index (χ2v) is 10.8. The van der Waals surface area contributed by atoms with Crippen molar-refractivity contribution in [2.75, 3.05) is 19.6 Å². The number of aromatic amines is 1. The molecule has 1 aliphatic rings. The van der Waals surface area contributed by atoms with Crippen LogP contribution in [0, 0.1) is 6.92 Å². The predicted molar refractivity (Wildman–Crippen MR) is 150 cm³/mol. The molecule has 0 unspecified atom stereocenters. The molecule has 4 aromatic rings. The smallest absolute Gasteiger partial charge is 0.258 e. The van der Waals surface area contributed by atoms with Gasteiger partial charge in [0.05, 0.1) is 5.69 Å². The maximum Gasteiger partial charge on any atom is 0.258 e. The Hall–Kier alpha value is -3.18. The summed E-state index contributed by atoms with van der Waals surface area (Å²) < 4.78 is 1.69. The number of nitrogens with zero attached hydrogens (tertiary/aromatic N) is 3. The molecule has 5 nitrogen and oxygen atoms in total. The molecule has 5 rings (SSSR count). The van der Waals surface area contributed by atoms with Crippen molar-refractivity contribution in [3.05, 3.63) is 76.0 Å². The molecule has 5 heteroatoms. The summed E-state index contributed by atoms with van der Waals surface area (Å²) >= 11 is 0. The van der Waals surface area contributed by atoms with Crippen LogP contribution in [0.25, 0.3) is 33.3 Å². The molecule has 1 aliphatic heterocycles. The van der Waals surface area contributed by atoms with Gasteiger partial charge in [-0.05, 0) is 98.6 Å². The molecule has 0 aliphatic carbocycles. The van der Waals surface area contributed by atoms with Gasteiger partial charge in [-0.25, -0.2) is 0 Å². The first-order chi connectivity index (χ1) is 17.4. The van der Waals surface area contributed by atoms with E-state index in [1.165, 1.54) is 55.4 Å². The molecule has 0 amide bonds. The van der Waals surface area contributed by atoms with E-state index in [4.69, 9.17) is 0 Å². The SMILES string of the molecule is CCCN1CCC(c2ccc3[nH]c(-c4cc(-c5cncc(C)c5)c(=O)n(C)c4)c(C(C)C)c3c2)CC1. The molecular weight excluding hydrogens is 444 g/mol. The molecular formula is C31H38N4O. The number of H-pyrrole nitrogens is 1. The summed E-state index contributed by atoms with van der Waals surface area (Å²) in [6.45, 7) is 12.4. The van der Waals surface area contributed by atoms with E-state index in [1.54, 1.807) is 10.8 Å². The molecule has 1 fully saturated rings. The summed E-state index contributed by atoms with van der Waals surface area (Å²) in [5.74, 6) is 0.968. The standard InChI is InChI=1S/C31H38N4O/c1-6-11-35-12-9-22(10-13-35)23-7-8-28-27(15-23)29(20(2)3)30(33-28)25-16-26(31(36)34(5)19-25)24-14-21(4)17-32-18-24/h7-8,14-20,22,33H,6,9-13H2,1-5H3. The normalized spacial score (nSPS) is 15.3. The van der Waals surface area contributed by atoms with Crippen molar-refractivity contribution in [3.63, 3.8) is 0 Å². The van der Waals surface area contributed by atoms with Gasteiger partial charge >= 0.3 is 0 Å². The summed E-state index contributed by atoms with van der Waals surface area (Å²) in [5.41, 5.74) is 8.64. The lowest BCUT2D eigenvalue weighted by Gasteiger charge is -2.32. The first-order valence-electron chi connectivity index (χ1n) is 13.4. The molecule has 1 aromatic carbocycles. The molecule has 0 spiro atoms. The van der Waals surface area contributed by atoms with Crippen LogP contribution < -0.4 is 5.56 Å². The zero-order valence-corrected chi connectivity index (χ0v) is 22.3. The van der Waals surface area contributed by atoms with Crippen molar-refractivity contribution in [3.8, 4) is 22.4 Å². The molecule has 0 saturated carbocycles. The van der Waals surface area contributed by atoms with Gasteiger partial charge < -0.3 is 14.5 Å². The average molecular weight is 483 g/mol. The minimum Gasteiger partial charge on any atom is -0.354 e. The van der Waals surface area contributed by atoms with Crippen molar-refractivity contribution in [1.29, 1.82) is 0 Å². The van der Waals surface area contributed by atoms with E-state index in [1.807, 2.05) is 38.5 Å². The van der Waals surface area contributed by atoms with Gasteiger partial charge in [-0.3, -0.25) is 9.78 Å². The molecule has 3 aromatic heterocycles. The van der Waals surface area contributed by atoms with Crippen LogP contribution in [0.5, 0.6) is 0 Å². The zero-order valence-electron chi connectivity index (χ0n) is 22.3. The third kappa shape index (κ3) is 4.64. The Morgan fingerprint density at radius 3 is 2.56 bits per heavy atom. The Bertz CT molecular complexity index is 1440. The van der Waals surface area contributed by atoms with Crippen LogP contribution >= 0.6 is 0 Å². The lowest BCUT2D eigenvalue weighted by Crippen LogP contribution is -2.33. The summed E-state index contributed by atoms with van der Waals surface area (Å²) in [5, 5.41) is 1.31. The minimum absolute atomic E-state index is 0.00920. The van der Waals surface area contributed by atoms with Gasteiger partial charge in [-0.15, -0.1) is 0 Å². The minimum atomic E-state index is -0.00920. The quantitative estimate of drug-likeness (QED) is 0.336. The van der Waals surface area contributed by atoms with Crippen LogP contribution in [0.4, 0.5) is 0 Å². The molecule has 1 saturated heterocycles. The fourth-order valence-corrected chi connectivity index (χ4v) is 5.88. The van der Waals surface area contributed by atoms with Crippen LogP contribution in [-0.2, 0) is 7.05 Å². The number of benzene rings is 1. The molecule has 4 heterocycles. The van der Waals surface area contributed by atoms with Gasteiger partial charge in [0, 0.05) is 53.2 Å².